The largest absolute Gasteiger partial charge is 0.477 e. The monoisotopic (exact) mass is 264 g/mol. The summed E-state index contributed by atoms with van der Waals surface area (Å²) in [6.07, 6.45) is 2.46. The molecule has 0 aliphatic heterocycles. The number of nitrogens with zero attached hydrogens (tertiary/aromatic N) is 3. The number of halogens is 1. The minimum Gasteiger partial charge on any atom is -0.477 e. The van der Waals surface area contributed by atoms with Gasteiger partial charge in [-0.3, -0.25) is 0 Å². The molecule has 1 aromatic rings. The van der Waals surface area contributed by atoms with Crippen molar-refractivity contribution in [3.8, 4) is 6.07 Å². The van der Waals surface area contributed by atoms with Gasteiger partial charge in [-0.05, 0) is 18.2 Å². The van der Waals surface area contributed by atoms with Crippen molar-refractivity contribution in [3.05, 3.63) is 35.1 Å². The van der Waals surface area contributed by atoms with Gasteiger partial charge in [0.15, 0.2) is 11.5 Å². The molecule has 6 nitrogen and oxygen atoms in total. The molecule has 92 valence electrons. The Morgan fingerprint density at radius 3 is 3.00 bits per heavy atom. The summed E-state index contributed by atoms with van der Waals surface area (Å²) < 4.78 is 0. The average Bonchev–Trinajstić information content (AvgIpc) is 2.31. The van der Waals surface area contributed by atoms with Crippen LogP contribution in [0.2, 0.25) is 5.02 Å². The van der Waals surface area contributed by atoms with Crippen LogP contribution < -0.4 is 5.73 Å². The zero-order chi connectivity index (χ0) is 13.5. The molecule has 0 atom stereocenters. The Bertz CT molecular complexity index is 560. The lowest BCUT2D eigenvalue weighted by Crippen LogP contribution is -2.12. The Morgan fingerprint density at radius 2 is 2.44 bits per heavy atom. The number of hydrogen-bond acceptors (Lipinski definition) is 5. The fraction of sp³-hybridized carbons (Fsp3) is 0.0909. The van der Waals surface area contributed by atoms with Crippen LogP contribution in [0.4, 0.5) is 5.82 Å². The molecule has 1 aromatic heterocycles. The highest BCUT2D eigenvalue weighted by molar-refractivity contribution is 6.41. The van der Waals surface area contributed by atoms with E-state index in [0.717, 1.165) is 6.08 Å². The zero-order valence-electron chi connectivity index (χ0n) is 9.17. The first kappa shape index (κ1) is 13.7. The lowest BCUT2D eigenvalue weighted by molar-refractivity contribution is -0.129. The van der Waals surface area contributed by atoms with Crippen LogP contribution in [-0.4, -0.2) is 21.8 Å². The second kappa shape index (κ2) is 6.37. The van der Waals surface area contributed by atoms with Crippen molar-refractivity contribution in [1.82, 2.24) is 4.98 Å². The van der Waals surface area contributed by atoms with Crippen LogP contribution in [0.25, 0.3) is 0 Å². The third-order valence-electron chi connectivity index (χ3n) is 1.79. The number of carboxylic acid groups (broad SMARTS) is 1. The van der Waals surface area contributed by atoms with Gasteiger partial charge in [0.05, 0.1) is 17.5 Å². The summed E-state index contributed by atoms with van der Waals surface area (Å²) >= 11 is 5.80. The van der Waals surface area contributed by atoms with Crippen LogP contribution in [-0.2, 0) is 4.79 Å². The van der Waals surface area contributed by atoms with Gasteiger partial charge in [0.2, 0.25) is 0 Å². The maximum Gasteiger partial charge on any atom is 0.354 e. The zero-order valence-corrected chi connectivity index (χ0v) is 9.92. The molecule has 0 radical (unpaired) electrons. The lowest BCUT2D eigenvalue weighted by Gasteiger charge is -1.99. The van der Waals surface area contributed by atoms with Gasteiger partial charge < -0.3 is 10.8 Å². The van der Waals surface area contributed by atoms with E-state index in [1.807, 2.05) is 0 Å². The summed E-state index contributed by atoms with van der Waals surface area (Å²) in [6.45, 7) is 0. The van der Waals surface area contributed by atoms with E-state index in [-0.39, 0.29) is 28.7 Å². The predicted molar refractivity (Wildman–Crippen MR) is 66.5 cm³/mol. The number of aliphatic carboxylic acids is 1. The Morgan fingerprint density at radius 1 is 1.72 bits per heavy atom. The maximum atomic E-state index is 11.0. The van der Waals surface area contributed by atoms with E-state index >= 15 is 0 Å². The lowest BCUT2D eigenvalue weighted by atomic mass is 10.2. The Hall–Kier alpha value is -2.39. The van der Waals surface area contributed by atoms with E-state index in [0.29, 0.717) is 0 Å². The smallest absolute Gasteiger partial charge is 0.354 e. The molecule has 18 heavy (non-hydrogen) atoms. The fourth-order valence-electron chi connectivity index (χ4n) is 1.03. The van der Waals surface area contributed by atoms with Crippen LogP contribution in [0.1, 0.15) is 6.42 Å². The summed E-state index contributed by atoms with van der Waals surface area (Å²) in [4.78, 5) is 18.6. The van der Waals surface area contributed by atoms with Crippen LogP contribution in [0.3, 0.4) is 0 Å². The van der Waals surface area contributed by atoms with Gasteiger partial charge in [-0.15, -0.1) is 0 Å². The van der Waals surface area contributed by atoms with Gasteiger partial charge in [0.25, 0.3) is 0 Å². The van der Waals surface area contributed by atoms with Crippen molar-refractivity contribution in [3.63, 3.8) is 0 Å². The third kappa shape index (κ3) is 3.88. The van der Waals surface area contributed by atoms with Gasteiger partial charge in [0.1, 0.15) is 0 Å². The molecular weight excluding hydrogens is 256 g/mol. The fourth-order valence-corrected chi connectivity index (χ4v) is 1.20. The van der Waals surface area contributed by atoms with Gasteiger partial charge in [0, 0.05) is 11.9 Å². The van der Waals surface area contributed by atoms with Crippen molar-refractivity contribution in [2.24, 2.45) is 10.7 Å². The molecule has 0 saturated carbocycles. The number of carbonyl (C=O) groups is 1. The molecular formula is C11H9ClN4O2. The quantitative estimate of drug-likeness (QED) is 0.803. The van der Waals surface area contributed by atoms with Crippen molar-refractivity contribution < 1.29 is 9.90 Å². The van der Waals surface area contributed by atoms with Gasteiger partial charge in [-0.1, -0.05) is 11.6 Å². The molecule has 7 heteroatoms. The van der Waals surface area contributed by atoms with Crippen molar-refractivity contribution in [2.45, 2.75) is 6.42 Å². The number of aromatic nitrogens is 1. The van der Waals surface area contributed by atoms with Crippen molar-refractivity contribution in [1.29, 1.82) is 5.26 Å². The molecule has 0 aliphatic carbocycles. The van der Waals surface area contributed by atoms with Gasteiger partial charge >= 0.3 is 5.97 Å². The Labute approximate surface area is 108 Å². The topological polar surface area (TPSA) is 112 Å². The molecule has 1 rings (SSSR count). The van der Waals surface area contributed by atoms with Crippen LogP contribution in [0.5, 0.6) is 0 Å². The molecule has 0 spiro atoms. The first-order valence-corrected chi connectivity index (χ1v) is 5.18. The van der Waals surface area contributed by atoms with E-state index in [1.165, 1.54) is 12.3 Å². The van der Waals surface area contributed by atoms with E-state index in [4.69, 9.17) is 27.7 Å². The van der Waals surface area contributed by atoms with Crippen LogP contribution in [0.15, 0.2) is 35.1 Å². The molecule has 1 heterocycles. The molecule has 0 aliphatic rings. The van der Waals surface area contributed by atoms with Gasteiger partial charge in [-0.25, -0.2) is 14.8 Å². The minimum absolute atomic E-state index is 0.0811. The average molecular weight is 265 g/mol. The summed E-state index contributed by atoms with van der Waals surface area (Å²) in [5.41, 5.74) is 5.23. The number of nitriles is 1. The van der Waals surface area contributed by atoms with Crippen LogP contribution >= 0.6 is 11.6 Å². The van der Waals surface area contributed by atoms with Crippen LogP contribution in [0, 0.1) is 11.3 Å². The summed E-state index contributed by atoms with van der Waals surface area (Å²) in [5, 5.41) is 17.6. The molecule has 0 aromatic carbocycles. The molecule has 0 saturated heterocycles. The minimum atomic E-state index is -1.28. The summed E-state index contributed by atoms with van der Waals surface area (Å²) in [6, 6.07) is 4.94. The van der Waals surface area contributed by atoms with E-state index in [2.05, 4.69) is 9.98 Å². The number of hydrogen-bond donors (Lipinski definition) is 2. The Kier molecular flexibility index (Phi) is 4.84. The van der Waals surface area contributed by atoms with Crippen molar-refractivity contribution in [2.75, 3.05) is 0 Å². The first-order chi connectivity index (χ1) is 8.54. The number of carboxylic acids is 1. The maximum absolute atomic E-state index is 11.0. The van der Waals surface area contributed by atoms with Crippen molar-refractivity contribution >= 4 is 29.1 Å². The number of pyridine rings is 1. The predicted octanol–water partition coefficient (Wildman–Crippen LogP) is 1.65. The Balaban J connectivity index is 3.15. The van der Waals surface area contributed by atoms with E-state index < -0.39 is 5.97 Å². The highest BCUT2D eigenvalue weighted by Crippen LogP contribution is 2.21. The highest BCUT2D eigenvalue weighted by Gasteiger charge is 2.09. The molecule has 3 N–H and O–H groups in total. The summed E-state index contributed by atoms with van der Waals surface area (Å²) in [5.74, 6) is -1.20. The number of allylic oxidation sites excluding steroid dienone is 1. The highest BCUT2D eigenvalue weighted by atomic mass is 35.5. The number of aliphatic imine (C=N–C) groups is 1. The van der Waals surface area contributed by atoms with Gasteiger partial charge in [-0.2, -0.15) is 5.26 Å². The normalized spacial score (nSPS) is 12.0. The molecule has 0 amide bonds. The molecule has 0 fully saturated rings. The second-order valence-electron chi connectivity index (χ2n) is 3.17. The SMILES string of the molecule is N#CC/C(N)=C/C(=N/c1ncccc1Cl)C(=O)O. The van der Waals surface area contributed by atoms with E-state index in [9.17, 15) is 4.79 Å². The third-order valence-corrected chi connectivity index (χ3v) is 2.08. The standard InChI is InChI=1S/C11H9ClN4O2/c12-8-2-1-5-15-10(8)16-9(11(17)18)6-7(14)3-4-13/h1-2,5-6H,3,14H2,(H,17,18)/b7-6-,16-9-. The second-order valence-corrected chi connectivity index (χ2v) is 3.57. The van der Waals surface area contributed by atoms with E-state index in [1.54, 1.807) is 12.1 Å². The molecule has 0 bridgehead atoms. The molecule has 0 unspecified atom stereocenters. The number of rotatable bonds is 4. The number of nitrogens with two attached hydrogens (primary N) is 1. The first-order valence-electron chi connectivity index (χ1n) is 4.80. The summed E-state index contributed by atoms with van der Waals surface area (Å²) in [7, 11) is 0.